The molecule has 0 aliphatic carbocycles. The van der Waals surface area contributed by atoms with Gasteiger partial charge in [-0.1, -0.05) is 0 Å². The van der Waals surface area contributed by atoms with E-state index < -0.39 is 0 Å². The average molecular weight is 246 g/mol. The van der Waals surface area contributed by atoms with Gasteiger partial charge in [0.1, 0.15) is 11.8 Å². The molecule has 0 amide bonds. The molecule has 16 heavy (non-hydrogen) atoms. The Morgan fingerprint density at radius 2 is 2.12 bits per heavy atom. The van der Waals surface area contributed by atoms with Crippen molar-refractivity contribution in [2.45, 2.75) is 26.9 Å². The molecule has 1 aromatic rings. The average Bonchev–Trinajstić information content (AvgIpc) is 2.22. The first-order chi connectivity index (χ1) is 7.54. The molecule has 0 radical (unpaired) electrons. The van der Waals surface area contributed by atoms with Gasteiger partial charge in [-0.3, -0.25) is 0 Å². The summed E-state index contributed by atoms with van der Waals surface area (Å²) >= 11 is 5.72. The Bertz CT molecular complexity index is 360. The topological polar surface area (TPSA) is 70.3 Å². The molecule has 6 heteroatoms. The summed E-state index contributed by atoms with van der Waals surface area (Å²) < 4.78 is 10.7. The molecule has 1 heterocycles. The molecule has 0 saturated carbocycles. The summed E-state index contributed by atoms with van der Waals surface area (Å²) in [6.07, 6.45) is -0.132. The minimum Gasteiger partial charge on any atom is -0.471 e. The van der Waals surface area contributed by atoms with E-state index in [1.54, 1.807) is 6.92 Å². The molecule has 1 rings (SSSR count). The number of nitrogens with two attached hydrogens (primary N) is 1. The Hall–Kier alpha value is -1.07. The van der Waals surface area contributed by atoms with Crippen LogP contribution in [0.3, 0.4) is 0 Å². The largest absolute Gasteiger partial charge is 0.471 e. The van der Waals surface area contributed by atoms with Crippen LogP contribution in [0.5, 0.6) is 5.88 Å². The van der Waals surface area contributed by atoms with Crippen molar-refractivity contribution in [3.63, 3.8) is 0 Å². The predicted octanol–water partition coefficient (Wildman–Crippen LogP) is 1.82. The summed E-state index contributed by atoms with van der Waals surface area (Å²) in [6.45, 7) is 6.68. The first kappa shape index (κ1) is 13.0. The molecular formula is C10H16ClN3O2. The Morgan fingerprint density at radius 1 is 1.44 bits per heavy atom. The fraction of sp³-hybridized carbons (Fsp3) is 0.600. The van der Waals surface area contributed by atoms with Crippen molar-refractivity contribution >= 4 is 17.3 Å². The van der Waals surface area contributed by atoms with Crippen LogP contribution >= 0.6 is 11.6 Å². The van der Waals surface area contributed by atoms with Crippen LogP contribution in [-0.2, 0) is 4.74 Å². The molecule has 0 saturated heterocycles. The normalized spacial score (nSPS) is 12.5. The van der Waals surface area contributed by atoms with Crippen LogP contribution in [0, 0.1) is 6.92 Å². The van der Waals surface area contributed by atoms with E-state index in [-0.39, 0.29) is 11.4 Å². The van der Waals surface area contributed by atoms with E-state index in [9.17, 15) is 0 Å². The van der Waals surface area contributed by atoms with E-state index in [0.717, 1.165) is 0 Å². The third kappa shape index (κ3) is 3.50. The molecular weight excluding hydrogens is 230 g/mol. The van der Waals surface area contributed by atoms with Crippen molar-refractivity contribution in [3.8, 4) is 5.88 Å². The molecule has 5 nitrogen and oxygen atoms in total. The van der Waals surface area contributed by atoms with Crippen LogP contribution in [0.2, 0.25) is 5.28 Å². The van der Waals surface area contributed by atoms with Crippen molar-refractivity contribution < 1.29 is 9.47 Å². The number of anilines is 1. The molecule has 0 aliphatic heterocycles. The zero-order valence-corrected chi connectivity index (χ0v) is 10.4. The van der Waals surface area contributed by atoms with Gasteiger partial charge in [-0.05, 0) is 32.4 Å². The molecule has 0 fully saturated rings. The van der Waals surface area contributed by atoms with Gasteiger partial charge in [-0.25, -0.2) is 4.98 Å². The molecule has 2 N–H and O–H groups in total. The first-order valence-electron chi connectivity index (χ1n) is 5.08. The summed E-state index contributed by atoms with van der Waals surface area (Å²) in [5.41, 5.74) is 6.80. The second-order valence-corrected chi connectivity index (χ2v) is 3.72. The van der Waals surface area contributed by atoms with Crippen molar-refractivity contribution in [2.24, 2.45) is 0 Å². The molecule has 1 atom stereocenters. The second-order valence-electron chi connectivity index (χ2n) is 3.38. The van der Waals surface area contributed by atoms with Crippen molar-refractivity contribution in [2.75, 3.05) is 18.9 Å². The summed E-state index contributed by atoms with van der Waals surface area (Å²) in [7, 11) is 0. The molecule has 0 aliphatic rings. The standard InChI is InChI=1S/C10H16ClN3O2/c1-4-15-5-6(2)16-9-8(12)7(3)13-10(11)14-9/h6H,4-5,12H2,1-3H3. The maximum atomic E-state index is 5.78. The quantitative estimate of drug-likeness (QED) is 0.802. The molecule has 0 bridgehead atoms. The number of nitrogen functional groups attached to an aromatic ring is 1. The zero-order valence-electron chi connectivity index (χ0n) is 9.66. The number of aryl methyl sites for hydroxylation is 1. The van der Waals surface area contributed by atoms with Crippen molar-refractivity contribution in [3.05, 3.63) is 11.0 Å². The van der Waals surface area contributed by atoms with Crippen LogP contribution < -0.4 is 10.5 Å². The monoisotopic (exact) mass is 245 g/mol. The Labute approximate surface area is 99.9 Å². The second kappa shape index (κ2) is 5.86. The van der Waals surface area contributed by atoms with E-state index in [1.807, 2.05) is 13.8 Å². The van der Waals surface area contributed by atoms with Gasteiger partial charge in [0.2, 0.25) is 11.2 Å². The highest BCUT2D eigenvalue weighted by Gasteiger charge is 2.12. The molecule has 1 aromatic heterocycles. The van der Waals surface area contributed by atoms with Crippen LogP contribution in [0.15, 0.2) is 0 Å². The predicted molar refractivity (Wildman–Crippen MR) is 62.8 cm³/mol. The van der Waals surface area contributed by atoms with Crippen molar-refractivity contribution in [1.29, 1.82) is 0 Å². The van der Waals surface area contributed by atoms with Gasteiger partial charge in [-0.2, -0.15) is 4.98 Å². The number of halogens is 1. The SMILES string of the molecule is CCOCC(C)Oc1nc(Cl)nc(C)c1N. The fourth-order valence-corrected chi connectivity index (χ4v) is 1.32. The lowest BCUT2D eigenvalue weighted by atomic mass is 10.3. The smallest absolute Gasteiger partial charge is 0.242 e. The van der Waals surface area contributed by atoms with Gasteiger partial charge >= 0.3 is 0 Å². The Kier molecular flexibility index (Phi) is 4.76. The van der Waals surface area contributed by atoms with Gasteiger partial charge in [0, 0.05) is 6.61 Å². The lowest BCUT2D eigenvalue weighted by molar-refractivity contribution is 0.0637. The minimum atomic E-state index is -0.132. The first-order valence-corrected chi connectivity index (χ1v) is 5.46. The van der Waals surface area contributed by atoms with Crippen LogP contribution in [0.25, 0.3) is 0 Å². The lowest BCUT2D eigenvalue weighted by Crippen LogP contribution is -2.20. The number of aromatic nitrogens is 2. The third-order valence-electron chi connectivity index (χ3n) is 1.94. The summed E-state index contributed by atoms with van der Waals surface area (Å²) in [6, 6.07) is 0. The maximum absolute atomic E-state index is 5.78. The van der Waals surface area contributed by atoms with Gasteiger partial charge < -0.3 is 15.2 Å². The maximum Gasteiger partial charge on any atom is 0.242 e. The summed E-state index contributed by atoms with van der Waals surface area (Å²) in [5.74, 6) is 0.310. The summed E-state index contributed by atoms with van der Waals surface area (Å²) in [5, 5.41) is 0.130. The number of hydrogen-bond acceptors (Lipinski definition) is 5. The summed E-state index contributed by atoms with van der Waals surface area (Å²) in [4.78, 5) is 7.85. The zero-order chi connectivity index (χ0) is 12.1. The molecule has 0 spiro atoms. The molecule has 1 unspecified atom stereocenters. The van der Waals surface area contributed by atoms with E-state index in [0.29, 0.717) is 30.5 Å². The van der Waals surface area contributed by atoms with Gasteiger partial charge in [0.15, 0.2) is 0 Å². The Balaban J connectivity index is 2.72. The van der Waals surface area contributed by atoms with Crippen LogP contribution in [0.4, 0.5) is 5.69 Å². The van der Waals surface area contributed by atoms with Crippen LogP contribution in [0.1, 0.15) is 19.5 Å². The highest BCUT2D eigenvalue weighted by Crippen LogP contribution is 2.23. The number of nitrogens with zero attached hydrogens (tertiary/aromatic N) is 2. The minimum absolute atomic E-state index is 0.130. The van der Waals surface area contributed by atoms with Crippen LogP contribution in [-0.4, -0.2) is 29.3 Å². The lowest BCUT2D eigenvalue weighted by Gasteiger charge is -2.15. The third-order valence-corrected chi connectivity index (χ3v) is 2.11. The fourth-order valence-electron chi connectivity index (χ4n) is 1.12. The number of hydrogen-bond donors (Lipinski definition) is 1. The van der Waals surface area contributed by atoms with E-state index in [4.69, 9.17) is 26.8 Å². The van der Waals surface area contributed by atoms with Gasteiger partial charge in [-0.15, -0.1) is 0 Å². The highest BCUT2D eigenvalue weighted by atomic mass is 35.5. The highest BCUT2D eigenvalue weighted by molar-refractivity contribution is 6.28. The van der Waals surface area contributed by atoms with E-state index in [2.05, 4.69) is 9.97 Å². The van der Waals surface area contributed by atoms with Gasteiger partial charge in [0.25, 0.3) is 0 Å². The van der Waals surface area contributed by atoms with Gasteiger partial charge in [0.05, 0.1) is 12.3 Å². The molecule has 0 aromatic carbocycles. The van der Waals surface area contributed by atoms with Crippen molar-refractivity contribution in [1.82, 2.24) is 9.97 Å². The number of rotatable bonds is 5. The van der Waals surface area contributed by atoms with E-state index >= 15 is 0 Å². The Morgan fingerprint density at radius 3 is 2.75 bits per heavy atom. The van der Waals surface area contributed by atoms with E-state index in [1.165, 1.54) is 0 Å². The molecule has 90 valence electrons. The number of ether oxygens (including phenoxy) is 2.